The summed E-state index contributed by atoms with van der Waals surface area (Å²) in [7, 11) is -4.10. The summed E-state index contributed by atoms with van der Waals surface area (Å²) in [5.74, 6) is -0.885. The largest absolute Gasteiger partial charge is 0.384 e. The van der Waals surface area contributed by atoms with Gasteiger partial charge < -0.3 is 16.4 Å². The third-order valence-corrected chi connectivity index (χ3v) is 6.21. The molecule has 0 fully saturated rings. The van der Waals surface area contributed by atoms with Crippen molar-refractivity contribution in [1.29, 1.82) is 0 Å². The fourth-order valence-electron chi connectivity index (χ4n) is 2.22. The Labute approximate surface area is 167 Å². The monoisotopic (exact) mass is 435 g/mol. The molecule has 2 aromatic rings. The van der Waals surface area contributed by atoms with Crippen molar-refractivity contribution in [3.05, 3.63) is 34.5 Å². The summed E-state index contributed by atoms with van der Waals surface area (Å²) >= 11 is 7.23. The third-order valence-electron chi connectivity index (χ3n) is 3.73. The lowest BCUT2D eigenvalue weighted by Gasteiger charge is -2.13. The molecule has 1 aromatic heterocycles. The zero-order valence-corrected chi connectivity index (χ0v) is 17.2. The smallest absolute Gasteiger partial charge is 0.266 e. The number of hydrogen-bond acceptors (Lipinski definition) is 7. The molecule has 0 bridgehead atoms. The highest BCUT2D eigenvalue weighted by atomic mass is 35.5. The van der Waals surface area contributed by atoms with Crippen LogP contribution in [0, 0.1) is 5.82 Å². The summed E-state index contributed by atoms with van der Waals surface area (Å²) in [5.41, 5.74) is 5.88. The van der Waals surface area contributed by atoms with E-state index < -0.39 is 20.7 Å². The Morgan fingerprint density at radius 3 is 2.74 bits per heavy atom. The van der Waals surface area contributed by atoms with E-state index in [2.05, 4.69) is 20.3 Å². The number of benzene rings is 1. The van der Waals surface area contributed by atoms with E-state index in [4.69, 9.17) is 17.3 Å². The van der Waals surface area contributed by atoms with Crippen LogP contribution in [0.1, 0.15) is 19.8 Å². The molecule has 0 saturated heterocycles. The molecule has 0 radical (unpaired) electrons. The van der Waals surface area contributed by atoms with E-state index in [1.807, 2.05) is 6.92 Å². The zero-order chi connectivity index (χ0) is 19.9. The number of halogens is 2. The molecule has 1 unspecified atom stereocenters. The predicted octanol–water partition coefficient (Wildman–Crippen LogP) is 2.87. The average molecular weight is 436 g/mol. The van der Waals surface area contributed by atoms with Gasteiger partial charge in [0.15, 0.2) is 5.13 Å². The van der Waals surface area contributed by atoms with Gasteiger partial charge in [-0.3, -0.25) is 4.72 Å². The van der Waals surface area contributed by atoms with Gasteiger partial charge in [-0.15, -0.1) is 11.3 Å². The Kier molecular flexibility index (Phi) is 8.24. The topological polar surface area (TPSA) is 109 Å². The van der Waals surface area contributed by atoms with Gasteiger partial charge in [-0.25, -0.2) is 17.8 Å². The first-order valence-electron chi connectivity index (χ1n) is 8.42. The predicted molar refractivity (Wildman–Crippen MR) is 109 cm³/mol. The minimum absolute atomic E-state index is 0.130. The molecule has 5 N–H and O–H groups in total. The van der Waals surface area contributed by atoms with Crippen LogP contribution in [-0.2, 0) is 10.0 Å². The number of nitrogens with zero attached hydrogens (tertiary/aromatic N) is 1. The molecule has 0 spiro atoms. The van der Waals surface area contributed by atoms with E-state index in [9.17, 15) is 12.8 Å². The van der Waals surface area contributed by atoms with Gasteiger partial charge in [-0.1, -0.05) is 11.6 Å². The van der Waals surface area contributed by atoms with Gasteiger partial charge in [-0.2, -0.15) is 0 Å². The first kappa shape index (κ1) is 21.8. The van der Waals surface area contributed by atoms with E-state index in [0.29, 0.717) is 18.8 Å². The highest BCUT2D eigenvalue weighted by Gasteiger charge is 2.22. The molecular weight excluding hydrogens is 413 g/mol. The number of sulfonamides is 1. The summed E-state index contributed by atoms with van der Waals surface area (Å²) in [6, 6.07) is 2.46. The number of hydrogen-bond donors (Lipinski definition) is 4. The van der Waals surface area contributed by atoms with Crippen molar-refractivity contribution in [3.63, 3.8) is 0 Å². The Balaban J connectivity index is 1.94. The molecule has 0 saturated carbocycles. The SMILES string of the molecule is CC(CN)NCCCCNc1cc(F)c(S(=O)(=O)Nc2nccs2)cc1Cl. The van der Waals surface area contributed by atoms with E-state index >= 15 is 0 Å². The first-order valence-corrected chi connectivity index (χ1v) is 11.2. The van der Waals surface area contributed by atoms with Crippen LogP contribution in [0.4, 0.5) is 15.2 Å². The molecule has 7 nitrogen and oxygen atoms in total. The normalized spacial score (nSPS) is 12.7. The summed E-state index contributed by atoms with van der Waals surface area (Å²) in [5, 5.41) is 8.21. The summed E-state index contributed by atoms with van der Waals surface area (Å²) in [6.45, 7) is 4.02. The Morgan fingerprint density at radius 1 is 1.33 bits per heavy atom. The molecule has 0 aliphatic rings. The van der Waals surface area contributed by atoms with Crippen LogP contribution >= 0.6 is 22.9 Å². The maximum absolute atomic E-state index is 14.4. The van der Waals surface area contributed by atoms with Gasteiger partial charge in [0.05, 0.1) is 10.7 Å². The second kappa shape index (κ2) is 10.2. The molecule has 27 heavy (non-hydrogen) atoms. The summed E-state index contributed by atoms with van der Waals surface area (Å²) < 4.78 is 41.2. The van der Waals surface area contributed by atoms with Crippen molar-refractivity contribution in [1.82, 2.24) is 10.3 Å². The standard InChI is InChI=1S/C16H23ClFN5O2S2/c1-11(10-19)20-4-2-3-5-21-14-9-13(18)15(8-12(14)17)27(24,25)23-16-22-6-7-26-16/h6-9,11,20-21H,2-5,10,19H2,1H3,(H,22,23). The molecule has 0 aliphatic carbocycles. The van der Waals surface area contributed by atoms with Crippen molar-refractivity contribution in [2.45, 2.75) is 30.7 Å². The number of rotatable bonds is 11. The van der Waals surface area contributed by atoms with Crippen molar-refractivity contribution in [2.24, 2.45) is 5.73 Å². The minimum Gasteiger partial charge on any atom is -0.384 e. The number of unbranched alkanes of at least 4 members (excludes halogenated alkanes) is 1. The van der Waals surface area contributed by atoms with E-state index in [0.717, 1.165) is 42.9 Å². The van der Waals surface area contributed by atoms with E-state index in [1.54, 1.807) is 5.38 Å². The fourth-order valence-corrected chi connectivity index (χ4v) is 4.39. The van der Waals surface area contributed by atoms with Crippen molar-refractivity contribution >= 4 is 43.8 Å². The molecule has 1 atom stereocenters. The fraction of sp³-hybridized carbons (Fsp3) is 0.438. The maximum atomic E-state index is 14.4. The lowest BCUT2D eigenvalue weighted by molar-refractivity contribution is 0.537. The van der Waals surface area contributed by atoms with E-state index in [1.165, 1.54) is 6.20 Å². The van der Waals surface area contributed by atoms with Crippen LogP contribution in [0.3, 0.4) is 0 Å². The highest BCUT2D eigenvalue weighted by molar-refractivity contribution is 7.93. The summed E-state index contributed by atoms with van der Waals surface area (Å²) in [4.78, 5) is 3.31. The Morgan fingerprint density at radius 2 is 2.07 bits per heavy atom. The lowest BCUT2D eigenvalue weighted by Crippen LogP contribution is -2.33. The molecule has 11 heteroatoms. The second-order valence-corrected chi connectivity index (χ2v) is 8.88. The van der Waals surface area contributed by atoms with Gasteiger partial charge in [0.25, 0.3) is 10.0 Å². The van der Waals surface area contributed by atoms with Crippen LogP contribution in [-0.4, -0.2) is 39.1 Å². The van der Waals surface area contributed by atoms with Crippen LogP contribution < -0.4 is 21.1 Å². The van der Waals surface area contributed by atoms with Gasteiger partial charge in [-0.05, 0) is 38.4 Å². The van der Waals surface area contributed by atoms with Gasteiger partial charge >= 0.3 is 0 Å². The number of aromatic nitrogens is 1. The second-order valence-electron chi connectivity index (χ2n) is 5.93. The molecular formula is C16H23ClFN5O2S2. The minimum atomic E-state index is -4.10. The molecule has 150 valence electrons. The number of anilines is 2. The molecule has 1 heterocycles. The first-order chi connectivity index (χ1) is 12.8. The van der Waals surface area contributed by atoms with Crippen LogP contribution in [0.25, 0.3) is 0 Å². The molecule has 0 amide bonds. The Hall–Kier alpha value is -1.46. The highest BCUT2D eigenvalue weighted by Crippen LogP contribution is 2.29. The molecule has 0 aliphatic heterocycles. The van der Waals surface area contributed by atoms with E-state index in [-0.39, 0.29) is 16.2 Å². The number of nitrogens with two attached hydrogens (primary N) is 1. The van der Waals surface area contributed by atoms with Gasteiger partial charge in [0.1, 0.15) is 10.7 Å². The van der Waals surface area contributed by atoms with Gasteiger partial charge in [0, 0.05) is 30.7 Å². The zero-order valence-electron chi connectivity index (χ0n) is 14.8. The van der Waals surface area contributed by atoms with Crippen LogP contribution in [0.5, 0.6) is 0 Å². The Bertz CT molecular complexity index is 834. The van der Waals surface area contributed by atoms with Gasteiger partial charge in [0.2, 0.25) is 0 Å². The molecule has 1 aromatic carbocycles. The average Bonchev–Trinajstić information content (AvgIpc) is 3.12. The number of nitrogens with one attached hydrogen (secondary N) is 3. The maximum Gasteiger partial charge on any atom is 0.266 e. The molecule has 2 rings (SSSR count). The number of thiazole rings is 1. The van der Waals surface area contributed by atoms with Crippen molar-refractivity contribution < 1.29 is 12.8 Å². The lowest BCUT2D eigenvalue weighted by atomic mass is 10.2. The van der Waals surface area contributed by atoms with Crippen LogP contribution in [0.2, 0.25) is 5.02 Å². The third kappa shape index (κ3) is 6.58. The quantitative estimate of drug-likeness (QED) is 0.404. The van der Waals surface area contributed by atoms with Crippen molar-refractivity contribution in [3.8, 4) is 0 Å². The van der Waals surface area contributed by atoms with Crippen molar-refractivity contribution in [2.75, 3.05) is 29.7 Å². The summed E-state index contributed by atoms with van der Waals surface area (Å²) in [6.07, 6.45) is 3.21. The van der Waals surface area contributed by atoms with Crippen LogP contribution in [0.15, 0.2) is 28.6 Å².